The molecule has 0 radical (unpaired) electrons. The summed E-state index contributed by atoms with van der Waals surface area (Å²) in [6.45, 7) is 1.80. The summed E-state index contributed by atoms with van der Waals surface area (Å²) in [5, 5.41) is 26.5. The van der Waals surface area contributed by atoms with E-state index in [1.807, 2.05) is 18.2 Å². The van der Waals surface area contributed by atoms with Gasteiger partial charge < -0.3 is 10.4 Å². The fourth-order valence-electron chi connectivity index (χ4n) is 3.34. The highest BCUT2D eigenvalue weighted by Gasteiger charge is 2.23. The topological polar surface area (TPSA) is 101 Å². The first-order valence-electron chi connectivity index (χ1n) is 9.02. The maximum absolute atomic E-state index is 11.6. The van der Waals surface area contributed by atoms with Crippen molar-refractivity contribution in [3.8, 4) is 5.75 Å². The number of phenolic OH excluding ortho intramolecular Hbond substituents is 1. The minimum absolute atomic E-state index is 0.0271. The van der Waals surface area contributed by atoms with Gasteiger partial charge in [-0.25, -0.2) is 0 Å². The molecule has 1 atom stereocenters. The van der Waals surface area contributed by atoms with Gasteiger partial charge in [-0.2, -0.15) is 0 Å². The zero-order valence-corrected chi connectivity index (χ0v) is 15.6. The largest absolute Gasteiger partial charge is 0.505 e. The highest BCUT2D eigenvalue weighted by molar-refractivity contribution is 5.86. The monoisotopic (exact) mass is 386 g/mol. The number of nitro groups is 1. The van der Waals surface area contributed by atoms with E-state index in [-0.39, 0.29) is 11.4 Å². The number of anilines is 1. The number of hydrogen-bond acceptors (Lipinski definition) is 6. The molecule has 2 aromatic carbocycles. The SMILES string of the molecule is Cc1ccc(NC(c2cccnc2)c2ccc3cccnc3c2O)c([N+](=O)[O-])c1. The molecule has 0 bridgehead atoms. The average molecular weight is 386 g/mol. The second-order valence-corrected chi connectivity index (χ2v) is 6.72. The first-order chi connectivity index (χ1) is 14.0. The molecule has 144 valence electrons. The van der Waals surface area contributed by atoms with Crippen molar-refractivity contribution in [2.75, 3.05) is 5.32 Å². The van der Waals surface area contributed by atoms with Crippen molar-refractivity contribution in [1.29, 1.82) is 0 Å². The first-order valence-corrected chi connectivity index (χ1v) is 9.02. The van der Waals surface area contributed by atoms with Crippen LogP contribution in [0.25, 0.3) is 10.9 Å². The summed E-state index contributed by atoms with van der Waals surface area (Å²) >= 11 is 0. The Kier molecular flexibility index (Phi) is 4.78. The van der Waals surface area contributed by atoms with Gasteiger partial charge in [0.15, 0.2) is 0 Å². The second-order valence-electron chi connectivity index (χ2n) is 6.72. The number of phenols is 1. The molecule has 2 heterocycles. The van der Waals surface area contributed by atoms with Crippen molar-refractivity contribution in [1.82, 2.24) is 9.97 Å². The number of fused-ring (bicyclic) bond motifs is 1. The van der Waals surface area contributed by atoms with E-state index in [9.17, 15) is 15.2 Å². The van der Waals surface area contributed by atoms with Gasteiger partial charge >= 0.3 is 0 Å². The Morgan fingerprint density at radius 1 is 1.10 bits per heavy atom. The summed E-state index contributed by atoms with van der Waals surface area (Å²) in [5.74, 6) is 0.0271. The molecule has 0 saturated carbocycles. The summed E-state index contributed by atoms with van der Waals surface area (Å²) < 4.78 is 0. The Labute approximate surface area is 166 Å². The van der Waals surface area contributed by atoms with Crippen LogP contribution in [0.3, 0.4) is 0 Å². The molecule has 7 nitrogen and oxygen atoms in total. The molecule has 2 N–H and O–H groups in total. The van der Waals surface area contributed by atoms with Crippen LogP contribution in [0.4, 0.5) is 11.4 Å². The third-order valence-corrected chi connectivity index (χ3v) is 4.76. The lowest BCUT2D eigenvalue weighted by molar-refractivity contribution is -0.384. The number of aromatic nitrogens is 2. The molecule has 0 amide bonds. The summed E-state index contributed by atoms with van der Waals surface area (Å²) in [4.78, 5) is 19.6. The normalized spacial score (nSPS) is 11.9. The van der Waals surface area contributed by atoms with Gasteiger partial charge in [-0.3, -0.25) is 20.1 Å². The Morgan fingerprint density at radius 2 is 1.93 bits per heavy atom. The van der Waals surface area contributed by atoms with E-state index < -0.39 is 11.0 Å². The third kappa shape index (κ3) is 3.58. The molecule has 0 fully saturated rings. The molecular formula is C22H18N4O3. The molecule has 4 rings (SSSR count). The number of benzene rings is 2. The molecule has 0 aliphatic rings. The Balaban J connectivity index is 1.87. The summed E-state index contributed by atoms with van der Waals surface area (Å²) in [5.41, 5.74) is 2.90. The van der Waals surface area contributed by atoms with Crippen molar-refractivity contribution in [3.63, 3.8) is 0 Å². The molecule has 7 heteroatoms. The van der Waals surface area contributed by atoms with Gasteiger partial charge in [0, 0.05) is 35.6 Å². The molecule has 1 unspecified atom stereocenters. The highest BCUT2D eigenvalue weighted by Crippen LogP contribution is 2.38. The summed E-state index contributed by atoms with van der Waals surface area (Å²) in [6.07, 6.45) is 4.93. The zero-order chi connectivity index (χ0) is 20.4. The van der Waals surface area contributed by atoms with Crippen molar-refractivity contribution < 1.29 is 10.0 Å². The Morgan fingerprint density at radius 3 is 2.69 bits per heavy atom. The number of aryl methyl sites for hydroxylation is 1. The van der Waals surface area contributed by atoms with Crippen molar-refractivity contribution in [3.05, 3.63) is 100.0 Å². The lowest BCUT2D eigenvalue weighted by atomic mass is 9.97. The Bertz CT molecular complexity index is 1200. The van der Waals surface area contributed by atoms with E-state index in [2.05, 4.69) is 15.3 Å². The number of hydrogen-bond donors (Lipinski definition) is 2. The van der Waals surface area contributed by atoms with Gasteiger partial charge in [0.05, 0.1) is 11.0 Å². The number of nitrogens with one attached hydrogen (secondary N) is 1. The van der Waals surface area contributed by atoms with Crippen LogP contribution in [0.15, 0.2) is 73.2 Å². The molecule has 0 aliphatic carbocycles. The summed E-state index contributed by atoms with van der Waals surface area (Å²) in [7, 11) is 0. The maximum atomic E-state index is 11.6. The smallest absolute Gasteiger partial charge is 0.292 e. The van der Waals surface area contributed by atoms with Gasteiger partial charge in [-0.1, -0.05) is 30.3 Å². The van der Waals surface area contributed by atoms with Gasteiger partial charge in [-0.15, -0.1) is 0 Å². The highest BCUT2D eigenvalue weighted by atomic mass is 16.6. The van der Waals surface area contributed by atoms with Crippen LogP contribution in [-0.4, -0.2) is 20.0 Å². The van der Waals surface area contributed by atoms with Gasteiger partial charge in [0.25, 0.3) is 5.69 Å². The van der Waals surface area contributed by atoms with Crippen LogP contribution in [0.2, 0.25) is 0 Å². The Hall–Kier alpha value is -4.00. The van der Waals surface area contributed by atoms with Crippen LogP contribution in [0.1, 0.15) is 22.7 Å². The molecule has 0 aliphatic heterocycles. The van der Waals surface area contributed by atoms with Crippen LogP contribution < -0.4 is 5.32 Å². The fourth-order valence-corrected chi connectivity index (χ4v) is 3.34. The molecule has 2 aromatic heterocycles. The number of aromatic hydroxyl groups is 1. The van der Waals surface area contributed by atoms with Crippen LogP contribution in [0.5, 0.6) is 5.75 Å². The van der Waals surface area contributed by atoms with E-state index in [1.54, 1.807) is 55.8 Å². The standard InChI is InChI=1S/C22H18N4O3/c1-14-6-9-18(19(12-14)26(28)29)25-20(16-5-2-10-23-13-16)17-8-7-15-4-3-11-24-21(15)22(17)27/h2-13,20,25,27H,1H3. The number of rotatable bonds is 5. The summed E-state index contributed by atoms with van der Waals surface area (Å²) in [6, 6.07) is 15.4. The molecule has 29 heavy (non-hydrogen) atoms. The maximum Gasteiger partial charge on any atom is 0.292 e. The van der Waals surface area contributed by atoms with Gasteiger partial charge in [-0.05, 0) is 36.2 Å². The number of nitro benzene ring substituents is 1. The lowest BCUT2D eigenvalue weighted by Crippen LogP contribution is -2.14. The van der Waals surface area contributed by atoms with E-state index >= 15 is 0 Å². The predicted molar refractivity (Wildman–Crippen MR) is 111 cm³/mol. The van der Waals surface area contributed by atoms with Crippen LogP contribution in [0, 0.1) is 17.0 Å². The van der Waals surface area contributed by atoms with Gasteiger partial charge in [0.1, 0.15) is 17.0 Å². The number of nitrogens with zero attached hydrogens (tertiary/aromatic N) is 3. The lowest BCUT2D eigenvalue weighted by Gasteiger charge is -2.22. The van der Waals surface area contributed by atoms with Crippen molar-refractivity contribution >= 4 is 22.3 Å². The number of pyridine rings is 2. The third-order valence-electron chi connectivity index (χ3n) is 4.76. The second kappa shape index (κ2) is 7.55. The van der Waals surface area contributed by atoms with Crippen molar-refractivity contribution in [2.45, 2.75) is 13.0 Å². The molecular weight excluding hydrogens is 368 g/mol. The minimum Gasteiger partial charge on any atom is -0.505 e. The molecule has 4 aromatic rings. The first kappa shape index (κ1) is 18.4. The molecule has 0 saturated heterocycles. The average Bonchev–Trinajstić information content (AvgIpc) is 2.74. The van der Waals surface area contributed by atoms with Gasteiger partial charge in [0.2, 0.25) is 0 Å². The quantitative estimate of drug-likeness (QED) is 0.379. The van der Waals surface area contributed by atoms with Crippen molar-refractivity contribution in [2.24, 2.45) is 0 Å². The molecule has 0 spiro atoms. The van der Waals surface area contributed by atoms with E-state index in [0.29, 0.717) is 16.8 Å². The van der Waals surface area contributed by atoms with Crippen LogP contribution >= 0.6 is 0 Å². The van der Waals surface area contributed by atoms with E-state index in [4.69, 9.17) is 0 Å². The van der Waals surface area contributed by atoms with Crippen LogP contribution in [-0.2, 0) is 0 Å². The minimum atomic E-state index is -0.559. The fraction of sp³-hybridized carbons (Fsp3) is 0.0909. The zero-order valence-electron chi connectivity index (χ0n) is 15.6. The van der Waals surface area contributed by atoms with E-state index in [1.165, 1.54) is 6.07 Å². The predicted octanol–water partition coefficient (Wildman–Crippen LogP) is 4.75. The van der Waals surface area contributed by atoms with E-state index in [0.717, 1.165) is 16.5 Å².